The summed E-state index contributed by atoms with van der Waals surface area (Å²) in [5.74, 6) is 0.0361. The first-order valence-electron chi connectivity index (χ1n) is 6.80. The van der Waals surface area contributed by atoms with Crippen molar-refractivity contribution in [3.63, 3.8) is 0 Å². The molecule has 2 aromatic carbocycles. The number of rotatable bonds is 2. The molecule has 0 radical (unpaired) electrons. The Labute approximate surface area is 118 Å². The molecule has 1 fully saturated rings. The molecule has 104 valence electrons. The van der Waals surface area contributed by atoms with Crippen LogP contribution in [0.3, 0.4) is 0 Å². The van der Waals surface area contributed by atoms with E-state index in [4.69, 9.17) is 4.74 Å². The molecule has 0 aliphatic carbocycles. The van der Waals surface area contributed by atoms with E-state index >= 15 is 0 Å². The molecule has 4 heteroatoms. The van der Waals surface area contributed by atoms with Crippen molar-refractivity contribution >= 4 is 22.4 Å². The maximum Gasteiger partial charge on any atom is 0.255 e. The molecule has 2 aromatic rings. The molecule has 1 atom stereocenters. The summed E-state index contributed by atoms with van der Waals surface area (Å²) in [7, 11) is 1.90. The SMILES string of the molecule is CNc1ccc2cc(C(=O)N3CO[C@H](C)C3)ccc2c1. The second kappa shape index (κ2) is 5.13. The number of amides is 1. The number of ether oxygens (including phenoxy) is 1. The number of hydrogen-bond donors (Lipinski definition) is 1. The Kier molecular flexibility index (Phi) is 3.32. The van der Waals surface area contributed by atoms with E-state index in [1.165, 1.54) is 0 Å². The Morgan fingerprint density at radius 3 is 2.70 bits per heavy atom. The molecule has 3 rings (SSSR count). The number of hydrogen-bond acceptors (Lipinski definition) is 3. The van der Waals surface area contributed by atoms with Gasteiger partial charge in [-0.2, -0.15) is 0 Å². The summed E-state index contributed by atoms with van der Waals surface area (Å²) in [6, 6.07) is 11.9. The van der Waals surface area contributed by atoms with E-state index in [-0.39, 0.29) is 12.0 Å². The van der Waals surface area contributed by atoms with Crippen LogP contribution < -0.4 is 5.32 Å². The highest BCUT2D eigenvalue weighted by Crippen LogP contribution is 2.22. The number of nitrogens with zero attached hydrogens (tertiary/aromatic N) is 1. The third-order valence-corrected chi connectivity index (χ3v) is 3.66. The van der Waals surface area contributed by atoms with Gasteiger partial charge in [0, 0.05) is 24.8 Å². The van der Waals surface area contributed by atoms with Gasteiger partial charge in [0.15, 0.2) is 0 Å². The van der Waals surface area contributed by atoms with Crippen LogP contribution in [0.25, 0.3) is 10.8 Å². The number of benzene rings is 2. The number of fused-ring (bicyclic) bond motifs is 1. The number of carbonyl (C=O) groups is 1. The van der Waals surface area contributed by atoms with Crippen molar-refractivity contribution in [2.75, 3.05) is 25.6 Å². The second-order valence-corrected chi connectivity index (χ2v) is 5.16. The second-order valence-electron chi connectivity index (χ2n) is 5.16. The Bertz CT molecular complexity index is 654. The molecule has 4 nitrogen and oxygen atoms in total. The molecule has 0 bridgehead atoms. The molecule has 0 aromatic heterocycles. The summed E-state index contributed by atoms with van der Waals surface area (Å²) in [5, 5.41) is 5.31. The Morgan fingerprint density at radius 2 is 2.00 bits per heavy atom. The standard InChI is InChI=1S/C16H18N2O2/c1-11-9-18(10-20-11)16(19)14-4-3-13-8-15(17-2)6-5-12(13)7-14/h3-8,11,17H,9-10H2,1-2H3/t11-/m1/s1. The van der Waals surface area contributed by atoms with Crippen LogP contribution in [0.2, 0.25) is 0 Å². The summed E-state index contributed by atoms with van der Waals surface area (Å²) in [6.07, 6.45) is 0.123. The van der Waals surface area contributed by atoms with Gasteiger partial charge < -0.3 is 15.0 Å². The smallest absolute Gasteiger partial charge is 0.255 e. The molecule has 1 aliphatic heterocycles. The maximum atomic E-state index is 12.4. The van der Waals surface area contributed by atoms with Crippen LogP contribution in [0.1, 0.15) is 17.3 Å². The highest BCUT2D eigenvalue weighted by Gasteiger charge is 2.24. The molecule has 1 heterocycles. The van der Waals surface area contributed by atoms with Crippen LogP contribution in [0.15, 0.2) is 36.4 Å². The van der Waals surface area contributed by atoms with Crippen molar-refractivity contribution in [1.82, 2.24) is 4.90 Å². The van der Waals surface area contributed by atoms with Crippen molar-refractivity contribution in [2.45, 2.75) is 13.0 Å². The summed E-state index contributed by atoms with van der Waals surface area (Å²) in [4.78, 5) is 14.1. The molecule has 20 heavy (non-hydrogen) atoms. The molecule has 1 aliphatic rings. The van der Waals surface area contributed by atoms with Gasteiger partial charge in [0.05, 0.1) is 6.10 Å². The van der Waals surface area contributed by atoms with E-state index in [0.717, 1.165) is 16.5 Å². The van der Waals surface area contributed by atoms with Crippen molar-refractivity contribution in [2.24, 2.45) is 0 Å². The number of nitrogens with one attached hydrogen (secondary N) is 1. The van der Waals surface area contributed by atoms with Crippen LogP contribution >= 0.6 is 0 Å². The average Bonchev–Trinajstić information content (AvgIpc) is 2.92. The summed E-state index contributed by atoms with van der Waals surface area (Å²) < 4.78 is 5.42. The third kappa shape index (κ3) is 2.34. The van der Waals surface area contributed by atoms with Gasteiger partial charge >= 0.3 is 0 Å². The Hall–Kier alpha value is -2.07. The predicted octanol–water partition coefficient (Wildman–Crippen LogP) is 2.70. The molecular weight excluding hydrogens is 252 g/mol. The third-order valence-electron chi connectivity index (χ3n) is 3.66. The molecule has 0 saturated carbocycles. The van der Waals surface area contributed by atoms with Crippen molar-refractivity contribution < 1.29 is 9.53 Å². The first-order valence-corrected chi connectivity index (χ1v) is 6.80. The van der Waals surface area contributed by atoms with Gasteiger partial charge in [0.25, 0.3) is 5.91 Å². The monoisotopic (exact) mass is 270 g/mol. The quantitative estimate of drug-likeness (QED) is 0.912. The van der Waals surface area contributed by atoms with E-state index in [1.54, 1.807) is 4.90 Å². The normalized spacial score (nSPS) is 18.5. The average molecular weight is 270 g/mol. The van der Waals surface area contributed by atoms with Crippen LogP contribution in [-0.4, -0.2) is 37.2 Å². The van der Waals surface area contributed by atoms with Crippen molar-refractivity contribution in [3.05, 3.63) is 42.0 Å². The van der Waals surface area contributed by atoms with Gasteiger partial charge in [-0.3, -0.25) is 4.79 Å². The zero-order valence-corrected chi connectivity index (χ0v) is 11.7. The lowest BCUT2D eigenvalue weighted by molar-refractivity contribution is 0.0651. The van der Waals surface area contributed by atoms with Gasteiger partial charge in [-0.1, -0.05) is 12.1 Å². The summed E-state index contributed by atoms with van der Waals surface area (Å²) in [5.41, 5.74) is 1.78. The first kappa shape index (κ1) is 12.9. The largest absolute Gasteiger partial charge is 0.388 e. The molecule has 1 saturated heterocycles. The van der Waals surface area contributed by atoms with Crippen molar-refractivity contribution in [1.29, 1.82) is 0 Å². The zero-order valence-electron chi connectivity index (χ0n) is 11.7. The molecular formula is C16H18N2O2. The highest BCUT2D eigenvalue weighted by molar-refractivity contribution is 5.99. The lowest BCUT2D eigenvalue weighted by Gasteiger charge is -2.14. The first-order chi connectivity index (χ1) is 9.67. The molecule has 0 spiro atoms. The van der Waals surface area contributed by atoms with Crippen molar-refractivity contribution in [3.8, 4) is 0 Å². The van der Waals surface area contributed by atoms with Crippen LogP contribution in [-0.2, 0) is 4.74 Å². The van der Waals surface area contributed by atoms with E-state index in [9.17, 15) is 4.79 Å². The minimum absolute atomic E-state index is 0.0361. The van der Waals surface area contributed by atoms with Gasteiger partial charge in [0.2, 0.25) is 0 Å². The Balaban J connectivity index is 1.91. The lowest BCUT2D eigenvalue weighted by Crippen LogP contribution is -2.29. The highest BCUT2D eigenvalue weighted by atomic mass is 16.5. The fraction of sp³-hybridized carbons (Fsp3) is 0.312. The van der Waals surface area contributed by atoms with Gasteiger partial charge in [-0.15, -0.1) is 0 Å². The number of anilines is 1. The minimum Gasteiger partial charge on any atom is -0.388 e. The van der Waals surface area contributed by atoms with E-state index in [2.05, 4.69) is 11.4 Å². The summed E-state index contributed by atoms with van der Waals surface area (Å²) in [6.45, 7) is 3.03. The van der Waals surface area contributed by atoms with E-state index < -0.39 is 0 Å². The van der Waals surface area contributed by atoms with Crippen LogP contribution in [0.5, 0.6) is 0 Å². The fourth-order valence-electron chi connectivity index (χ4n) is 2.49. The number of carbonyl (C=O) groups excluding carboxylic acids is 1. The van der Waals surface area contributed by atoms with Crippen LogP contribution in [0, 0.1) is 0 Å². The molecule has 0 unspecified atom stereocenters. The Morgan fingerprint density at radius 1 is 1.25 bits per heavy atom. The predicted molar refractivity (Wildman–Crippen MR) is 79.9 cm³/mol. The van der Waals surface area contributed by atoms with E-state index in [1.807, 2.05) is 44.3 Å². The fourth-order valence-corrected chi connectivity index (χ4v) is 2.49. The van der Waals surface area contributed by atoms with Gasteiger partial charge in [-0.25, -0.2) is 0 Å². The van der Waals surface area contributed by atoms with E-state index in [0.29, 0.717) is 18.8 Å². The van der Waals surface area contributed by atoms with Crippen LogP contribution in [0.4, 0.5) is 5.69 Å². The van der Waals surface area contributed by atoms with Gasteiger partial charge in [0.1, 0.15) is 6.73 Å². The minimum atomic E-state index is 0.0361. The maximum absolute atomic E-state index is 12.4. The summed E-state index contributed by atoms with van der Waals surface area (Å²) >= 11 is 0. The zero-order chi connectivity index (χ0) is 14.1. The molecule has 1 N–H and O–H groups in total. The molecule has 1 amide bonds. The topological polar surface area (TPSA) is 41.6 Å². The lowest BCUT2D eigenvalue weighted by atomic mass is 10.1. The van der Waals surface area contributed by atoms with Gasteiger partial charge in [-0.05, 0) is 42.0 Å².